The van der Waals surface area contributed by atoms with Gasteiger partial charge in [0.05, 0.1) is 6.07 Å². The SMILES string of the molecule is N#CCC(=O)NCC1CC1. The van der Waals surface area contributed by atoms with E-state index in [-0.39, 0.29) is 12.3 Å². The van der Waals surface area contributed by atoms with Crippen molar-refractivity contribution in [3.63, 3.8) is 0 Å². The largest absolute Gasteiger partial charge is 0.355 e. The maximum atomic E-state index is 10.6. The Bertz CT molecular complexity index is 167. The standard InChI is InChI=1S/C7H10N2O/c8-4-3-7(10)9-5-6-1-2-6/h6H,1-3,5H2,(H,9,10). The van der Waals surface area contributed by atoms with Gasteiger partial charge in [-0.05, 0) is 18.8 Å². The average molecular weight is 138 g/mol. The summed E-state index contributed by atoms with van der Waals surface area (Å²) < 4.78 is 0. The Kier molecular flexibility index (Phi) is 2.27. The first-order valence-corrected chi connectivity index (χ1v) is 3.46. The summed E-state index contributed by atoms with van der Waals surface area (Å²) >= 11 is 0. The Morgan fingerprint density at radius 2 is 2.40 bits per heavy atom. The molecule has 0 aromatic heterocycles. The molecule has 1 N–H and O–H groups in total. The molecule has 0 bridgehead atoms. The first kappa shape index (κ1) is 7.07. The number of rotatable bonds is 3. The second-order valence-electron chi connectivity index (χ2n) is 2.58. The van der Waals surface area contributed by atoms with Crippen LogP contribution in [0.15, 0.2) is 0 Å². The average Bonchev–Trinajstić information content (AvgIpc) is 2.67. The molecule has 0 saturated heterocycles. The Morgan fingerprint density at radius 1 is 1.70 bits per heavy atom. The van der Waals surface area contributed by atoms with Crippen LogP contribution in [0.1, 0.15) is 19.3 Å². The van der Waals surface area contributed by atoms with E-state index >= 15 is 0 Å². The number of carbonyl (C=O) groups excluding carboxylic acids is 1. The van der Waals surface area contributed by atoms with Gasteiger partial charge in [-0.1, -0.05) is 0 Å². The summed E-state index contributed by atoms with van der Waals surface area (Å²) in [5.41, 5.74) is 0. The third-order valence-corrected chi connectivity index (χ3v) is 1.52. The smallest absolute Gasteiger partial charge is 0.234 e. The van der Waals surface area contributed by atoms with Crippen LogP contribution in [0.4, 0.5) is 0 Å². The van der Waals surface area contributed by atoms with Gasteiger partial charge in [-0.25, -0.2) is 0 Å². The highest BCUT2D eigenvalue weighted by molar-refractivity contribution is 5.77. The van der Waals surface area contributed by atoms with Gasteiger partial charge < -0.3 is 5.32 Å². The summed E-state index contributed by atoms with van der Waals surface area (Å²) in [7, 11) is 0. The molecule has 1 saturated carbocycles. The molecular weight excluding hydrogens is 128 g/mol. The summed E-state index contributed by atoms with van der Waals surface area (Å²) in [5.74, 6) is 0.553. The fourth-order valence-corrected chi connectivity index (χ4v) is 0.714. The molecule has 0 heterocycles. The minimum atomic E-state index is -0.144. The Balaban J connectivity index is 2.01. The highest BCUT2D eigenvalue weighted by atomic mass is 16.1. The van der Waals surface area contributed by atoms with Crippen molar-refractivity contribution < 1.29 is 4.79 Å². The fourth-order valence-electron chi connectivity index (χ4n) is 0.714. The zero-order chi connectivity index (χ0) is 7.40. The molecule has 10 heavy (non-hydrogen) atoms. The van der Waals surface area contributed by atoms with Crippen LogP contribution in [-0.2, 0) is 4.79 Å². The van der Waals surface area contributed by atoms with E-state index in [1.165, 1.54) is 12.8 Å². The van der Waals surface area contributed by atoms with Crippen LogP contribution in [0.2, 0.25) is 0 Å². The second-order valence-corrected chi connectivity index (χ2v) is 2.58. The number of carbonyl (C=O) groups is 1. The second kappa shape index (κ2) is 3.21. The lowest BCUT2D eigenvalue weighted by atomic mass is 10.4. The fraction of sp³-hybridized carbons (Fsp3) is 0.714. The highest BCUT2D eigenvalue weighted by Gasteiger charge is 2.21. The lowest BCUT2D eigenvalue weighted by Gasteiger charge is -1.97. The maximum absolute atomic E-state index is 10.6. The summed E-state index contributed by atoms with van der Waals surface area (Å²) in [6, 6.07) is 1.80. The van der Waals surface area contributed by atoms with E-state index in [0.717, 1.165) is 6.54 Å². The third-order valence-electron chi connectivity index (χ3n) is 1.52. The first-order valence-electron chi connectivity index (χ1n) is 3.46. The third kappa shape index (κ3) is 2.49. The number of nitriles is 1. The topological polar surface area (TPSA) is 52.9 Å². The van der Waals surface area contributed by atoms with E-state index < -0.39 is 0 Å². The van der Waals surface area contributed by atoms with Gasteiger partial charge in [0.1, 0.15) is 6.42 Å². The van der Waals surface area contributed by atoms with Gasteiger partial charge in [-0.3, -0.25) is 4.79 Å². The van der Waals surface area contributed by atoms with Crippen molar-refractivity contribution in [2.75, 3.05) is 6.54 Å². The van der Waals surface area contributed by atoms with Crippen LogP contribution in [0.5, 0.6) is 0 Å². The predicted molar refractivity (Wildman–Crippen MR) is 36.0 cm³/mol. The molecule has 54 valence electrons. The first-order chi connectivity index (χ1) is 4.83. The molecule has 0 aromatic carbocycles. The normalized spacial score (nSPS) is 15.9. The van der Waals surface area contributed by atoms with Crippen molar-refractivity contribution in [3.8, 4) is 6.07 Å². The summed E-state index contributed by atoms with van der Waals surface area (Å²) in [6.45, 7) is 0.764. The molecule has 0 radical (unpaired) electrons. The van der Waals surface area contributed by atoms with E-state index in [1.807, 2.05) is 0 Å². The van der Waals surface area contributed by atoms with Gasteiger partial charge >= 0.3 is 0 Å². The van der Waals surface area contributed by atoms with Gasteiger partial charge in [0.25, 0.3) is 0 Å². The van der Waals surface area contributed by atoms with Crippen LogP contribution in [0.3, 0.4) is 0 Å². The monoisotopic (exact) mass is 138 g/mol. The van der Waals surface area contributed by atoms with E-state index in [9.17, 15) is 4.79 Å². The minimum Gasteiger partial charge on any atom is -0.355 e. The molecule has 1 aliphatic rings. The predicted octanol–water partition coefficient (Wildman–Crippen LogP) is 0.426. The van der Waals surface area contributed by atoms with Gasteiger partial charge in [0.2, 0.25) is 5.91 Å². The summed E-state index contributed by atoms with van der Waals surface area (Å²) in [5, 5.41) is 10.8. The molecule has 0 atom stereocenters. The van der Waals surface area contributed by atoms with Crippen molar-refractivity contribution in [2.45, 2.75) is 19.3 Å². The summed E-state index contributed by atoms with van der Waals surface area (Å²) in [4.78, 5) is 10.6. The number of hydrogen-bond acceptors (Lipinski definition) is 2. The van der Waals surface area contributed by atoms with Crippen LogP contribution in [0, 0.1) is 17.2 Å². The molecule has 0 aromatic rings. The van der Waals surface area contributed by atoms with Crippen molar-refractivity contribution in [1.82, 2.24) is 5.32 Å². The van der Waals surface area contributed by atoms with Gasteiger partial charge in [-0.15, -0.1) is 0 Å². The molecule has 1 fully saturated rings. The van der Waals surface area contributed by atoms with Crippen LogP contribution < -0.4 is 5.32 Å². The lowest BCUT2D eigenvalue weighted by Crippen LogP contribution is -2.24. The van der Waals surface area contributed by atoms with Crippen LogP contribution in [-0.4, -0.2) is 12.5 Å². The van der Waals surface area contributed by atoms with Gasteiger partial charge in [0, 0.05) is 6.54 Å². The Morgan fingerprint density at radius 3 is 2.90 bits per heavy atom. The molecule has 1 amide bonds. The van der Waals surface area contributed by atoms with E-state index in [2.05, 4.69) is 5.32 Å². The molecule has 0 spiro atoms. The van der Waals surface area contributed by atoms with Crippen LogP contribution >= 0.6 is 0 Å². The van der Waals surface area contributed by atoms with Gasteiger partial charge in [-0.2, -0.15) is 5.26 Å². The van der Waals surface area contributed by atoms with Crippen molar-refractivity contribution in [2.24, 2.45) is 5.92 Å². The van der Waals surface area contributed by atoms with Crippen molar-refractivity contribution in [1.29, 1.82) is 5.26 Å². The number of hydrogen-bond donors (Lipinski definition) is 1. The minimum absolute atomic E-state index is 0.00722. The Labute approximate surface area is 60.0 Å². The van der Waals surface area contributed by atoms with Gasteiger partial charge in [0.15, 0.2) is 0 Å². The van der Waals surface area contributed by atoms with E-state index in [0.29, 0.717) is 5.92 Å². The van der Waals surface area contributed by atoms with Crippen molar-refractivity contribution in [3.05, 3.63) is 0 Å². The molecular formula is C7H10N2O. The Hall–Kier alpha value is -1.04. The summed E-state index contributed by atoms with van der Waals surface area (Å²) in [6.07, 6.45) is 2.45. The number of nitrogens with zero attached hydrogens (tertiary/aromatic N) is 1. The number of nitrogens with one attached hydrogen (secondary N) is 1. The van der Waals surface area contributed by atoms with Crippen molar-refractivity contribution >= 4 is 5.91 Å². The van der Waals surface area contributed by atoms with Crippen LogP contribution in [0.25, 0.3) is 0 Å². The zero-order valence-corrected chi connectivity index (χ0v) is 5.76. The maximum Gasteiger partial charge on any atom is 0.234 e. The molecule has 0 unspecified atom stereocenters. The lowest BCUT2D eigenvalue weighted by molar-refractivity contribution is -0.120. The molecule has 3 nitrogen and oxygen atoms in total. The molecule has 0 aliphatic heterocycles. The van der Waals surface area contributed by atoms with E-state index in [1.54, 1.807) is 6.07 Å². The molecule has 3 heteroatoms. The zero-order valence-electron chi connectivity index (χ0n) is 5.76. The van der Waals surface area contributed by atoms with E-state index in [4.69, 9.17) is 5.26 Å². The highest BCUT2D eigenvalue weighted by Crippen LogP contribution is 2.27. The molecule has 1 aliphatic carbocycles. The number of amides is 1. The molecule has 1 rings (SSSR count). The quantitative estimate of drug-likeness (QED) is 0.614.